The van der Waals surface area contributed by atoms with Crippen molar-refractivity contribution in [3.05, 3.63) is 0 Å². The summed E-state index contributed by atoms with van der Waals surface area (Å²) < 4.78 is 0. The molecule has 0 saturated carbocycles. The van der Waals surface area contributed by atoms with Gasteiger partial charge in [0, 0.05) is 12.6 Å². The van der Waals surface area contributed by atoms with Gasteiger partial charge in [-0.05, 0) is 44.7 Å². The Hall–Kier alpha value is -0.220. The number of hydrogen-bond donors (Lipinski definition) is 2. The molecule has 0 aromatic rings. The molecule has 1 fully saturated rings. The largest absolute Gasteiger partial charge is 0.353 e. The van der Waals surface area contributed by atoms with E-state index in [1.165, 1.54) is 0 Å². The lowest BCUT2D eigenvalue weighted by Crippen LogP contribution is -2.43. The smallest absolute Gasteiger partial charge is 0.224 e. The molecule has 1 rings (SSSR count). The van der Waals surface area contributed by atoms with Crippen molar-refractivity contribution in [2.75, 3.05) is 25.1 Å². The van der Waals surface area contributed by atoms with Crippen molar-refractivity contribution in [1.29, 1.82) is 0 Å². The molecule has 1 amide bonds. The van der Waals surface area contributed by atoms with Crippen LogP contribution < -0.4 is 10.6 Å². The molecule has 88 valence electrons. The molecule has 1 heterocycles. The highest BCUT2D eigenvalue weighted by molar-refractivity contribution is 7.98. The minimum absolute atomic E-state index is 0.190. The Morgan fingerprint density at radius 2 is 2.47 bits per heavy atom. The number of piperidine rings is 1. The van der Waals surface area contributed by atoms with E-state index in [-0.39, 0.29) is 11.8 Å². The van der Waals surface area contributed by atoms with Gasteiger partial charge in [0.05, 0.1) is 5.92 Å². The van der Waals surface area contributed by atoms with Gasteiger partial charge in [-0.15, -0.1) is 0 Å². The maximum absolute atomic E-state index is 11.8. The molecule has 0 aromatic carbocycles. The molecule has 0 aliphatic carbocycles. The molecule has 1 aliphatic rings. The van der Waals surface area contributed by atoms with Crippen LogP contribution in [0.1, 0.15) is 26.2 Å². The summed E-state index contributed by atoms with van der Waals surface area (Å²) in [6.45, 7) is 4.00. The van der Waals surface area contributed by atoms with Crippen LogP contribution in [0.3, 0.4) is 0 Å². The van der Waals surface area contributed by atoms with Gasteiger partial charge < -0.3 is 10.6 Å². The van der Waals surface area contributed by atoms with Gasteiger partial charge in [0.25, 0.3) is 0 Å². The van der Waals surface area contributed by atoms with Crippen molar-refractivity contribution in [3.8, 4) is 0 Å². The second-order valence-corrected chi connectivity index (χ2v) is 5.22. The number of hydrogen-bond acceptors (Lipinski definition) is 3. The predicted octanol–water partition coefficient (Wildman–Crippen LogP) is 1.24. The zero-order valence-corrected chi connectivity index (χ0v) is 10.5. The lowest BCUT2D eigenvalue weighted by Gasteiger charge is -2.23. The molecule has 15 heavy (non-hydrogen) atoms. The molecule has 2 atom stereocenters. The summed E-state index contributed by atoms with van der Waals surface area (Å²) >= 11 is 1.83. The molecule has 2 N–H and O–H groups in total. The molecule has 3 nitrogen and oxygen atoms in total. The van der Waals surface area contributed by atoms with Crippen molar-refractivity contribution in [2.45, 2.75) is 32.2 Å². The van der Waals surface area contributed by atoms with Crippen LogP contribution in [-0.2, 0) is 4.79 Å². The second-order valence-electron chi connectivity index (χ2n) is 4.23. The highest BCUT2D eigenvalue weighted by Crippen LogP contribution is 2.10. The fraction of sp³-hybridized carbons (Fsp3) is 0.909. The van der Waals surface area contributed by atoms with E-state index in [0.29, 0.717) is 6.04 Å². The van der Waals surface area contributed by atoms with Crippen LogP contribution in [0.5, 0.6) is 0 Å². The highest BCUT2D eigenvalue weighted by atomic mass is 32.2. The van der Waals surface area contributed by atoms with E-state index in [1.54, 1.807) is 0 Å². The van der Waals surface area contributed by atoms with Gasteiger partial charge in [-0.2, -0.15) is 11.8 Å². The Kier molecular flexibility index (Phi) is 6.10. The normalized spacial score (nSPS) is 23.5. The summed E-state index contributed by atoms with van der Waals surface area (Å²) in [4.78, 5) is 11.8. The fourth-order valence-electron chi connectivity index (χ4n) is 1.80. The van der Waals surface area contributed by atoms with Crippen LogP contribution >= 0.6 is 11.8 Å². The quantitative estimate of drug-likeness (QED) is 0.747. The zero-order chi connectivity index (χ0) is 11.1. The SMILES string of the molecule is CSCCC(C)NC(=O)[C@H]1CCCNC1. The van der Waals surface area contributed by atoms with Crippen molar-refractivity contribution in [1.82, 2.24) is 10.6 Å². The maximum atomic E-state index is 11.8. The van der Waals surface area contributed by atoms with E-state index >= 15 is 0 Å². The summed E-state index contributed by atoms with van der Waals surface area (Å²) in [5.41, 5.74) is 0. The Balaban J connectivity index is 2.21. The van der Waals surface area contributed by atoms with E-state index in [4.69, 9.17) is 0 Å². The molecule has 0 aromatic heterocycles. The first-order chi connectivity index (χ1) is 7.24. The van der Waals surface area contributed by atoms with Crippen LogP contribution in [0.4, 0.5) is 0 Å². The van der Waals surface area contributed by atoms with E-state index in [2.05, 4.69) is 23.8 Å². The van der Waals surface area contributed by atoms with Crippen LogP contribution in [0, 0.1) is 5.92 Å². The van der Waals surface area contributed by atoms with Crippen molar-refractivity contribution in [3.63, 3.8) is 0 Å². The Morgan fingerprint density at radius 3 is 3.07 bits per heavy atom. The Labute approximate surface area is 96.8 Å². The second kappa shape index (κ2) is 7.12. The Bertz CT molecular complexity index is 193. The molecule has 1 unspecified atom stereocenters. The van der Waals surface area contributed by atoms with Gasteiger partial charge in [0.15, 0.2) is 0 Å². The number of thioether (sulfide) groups is 1. The minimum atomic E-state index is 0.190. The standard InChI is InChI=1S/C11H22N2OS/c1-9(5-7-15-2)13-11(14)10-4-3-6-12-8-10/h9-10,12H,3-8H2,1-2H3,(H,13,14)/t9?,10-/m0/s1. The fourth-order valence-corrected chi connectivity index (χ4v) is 2.39. The van der Waals surface area contributed by atoms with E-state index in [0.717, 1.165) is 38.1 Å². The minimum Gasteiger partial charge on any atom is -0.353 e. The van der Waals surface area contributed by atoms with Crippen LogP contribution in [0.15, 0.2) is 0 Å². The summed E-state index contributed by atoms with van der Waals surface area (Å²) in [6.07, 6.45) is 5.32. The number of carbonyl (C=O) groups is 1. The number of amides is 1. The zero-order valence-electron chi connectivity index (χ0n) is 9.71. The van der Waals surface area contributed by atoms with Gasteiger partial charge >= 0.3 is 0 Å². The molecular formula is C11H22N2OS. The van der Waals surface area contributed by atoms with Gasteiger partial charge in [-0.3, -0.25) is 4.79 Å². The first-order valence-electron chi connectivity index (χ1n) is 5.74. The van der Waals surface area contributed by atoms with E-state index in [9.17, 15) is 4.79 Å². The number of rotatable bonds is 5. The van der Waals surface area contributed by atoms with Crippen molar-refractivity contribution >= 4 is 17.7 Å². The summed E-state index contributed by atoms with van der Waals surface area (Å²) in [7, 11) is 0. The third-order valence-corrected chi connectivity index (χ3v) is 3.46. The summed E-state index contributed by atoms with van der Waals surface area (Å²) in [5, 5.41) is 6.36. The van der Waals surface area contributed by atoms with Gasteiger partial charge in [-0.1, -0.05) is 0 Å². The average molecular weight is 230 g/mol. The third kappa shape index (κ3) is 4.89. The Morgan fingerprint density at radius 1 is 1.67 bits per heavy atom. The van der Waals surface area contributed by atoms with Crippen LogP contribution in [-0.4, -0.2) is 37.0 Å². The van der Waals surface area contributed by atoms with Crippen LogP contribution in [0.25, 0.3) is 0 Å². The lowest BCUT2D eigenvalue weighted by molar-refractivity contribution is -0.126. The molecular weight excluding hydrogens is 208 g/mol. The monoisotopic (exact) mass is 230 g/mol. The van der Waals surface area contributed by atoms with Gasteiger partial charge in [0.2, 0.25) is 5.91 Å². The number of carbonyl (C=O) groups excluding carboxylic acids is 1. The lowest BCUT2D eigenvalue weighted by atomic mass is 9.98. The summed E-state index contributed by atoms with van der Waals surface area (Å²) in [6, 6.07) is 0.312. The van der Waals surface area contributed by atoms with Crippen molar-refractivity contribution in [2.24, 2.45) is 5.92 Å². The molecule has 0 spiro atoms. The van der Waals surface area contributed by atoms with Gasteiger partial charge in [0.1, 0.15) is 0 Å². The predicted molar refractivity (Wildman–Crippen MR) is 66.2 cm³/mol. The van der Waals surface area contributed by atoms with E-state index < -0.39 is 0 Å². The molecule has 0 bridgehead atoms. The number of nitrogens with one attached hydrogen (secondary N) is 2. The summed E-state index contributed by atoms with van der Waals surface area (Å²) in [5.74, 6) is 1.54. The van der Waals surface area contributed by atoms with Crippen LogP contribution in [0.2, 0.25) is 0 Å². The topological polar surface area (TPSA) is 41.1 Å². The highest BCUT2D eigenvalue weighted by Gasteiger charge is 2.21. The molecule has 0 radical (unpaired) electrons. The average Bonchev–Trinajstić information content (AvgIpc) is 2.27. The molecule has 1 aliphatic heterocycles. The first-order valence-corrected chi connectivity index (χ1v) is 7.13. The maximum Gasteiger partial charge on any atom is 0.224 e. The molecule has 4 heteroatoms. The molecule has 1 saturated heterocycles. The first kappa shape index (κ1) is 12.8. The van der Waals surface area contributed by atoms with Crippen molar-refractivity contribution < 1.29 is 4.79 Å². The van der Waals surface area contributed by atoms with E-state index in [1.807, 2.05) is 11.8 Å². The van der Waals surface area contributed by atoms with Gasteiger partial charge in [-0.25, -0.2) is 0 Å². The third-order valence-electron chi connectivity index (χ3n) is 2.81.